The Hall–Kier alpha value is -4.31. The Labute approximate surface area is 205 Å². The van der Waals surface area contributed by atoms with Crippen molar-refractivity contribution in [3.8, 4) is 17.1 Å². The van der Waals surface area contributed by atoms with Gasteiger partial charge in [0.25, 0.3) is 5.56 Å². The largest absolute Gasteiger partial charge is 0.383 e. The lowest BCUT2D eigenvalue weighted by Gasteiger charge is -2.23. The molecule has 35 heavy (non-hydrogen) atoms. The van der Waals surface area contributed by atoms with Gasteiger partial charge in [-0.2, -0.15) is 5.10 Å². The first-order valence-corrected chi connectivity index (χ1v) is 11.3. The maximum atomic E-state index is 13.7. The summed E-state index contributed by atoms with van der Waals surface area (Å²) in [5.41, 5.74) is 7.67. The summed E-state index contributed by atoms with van der Waals surface area (Å²) in [5.74, 6) is 1.74. The molecular formula is C24H22ClN9O. The van der Waals surface area contributed by atoms with Crippen LogP contribution in [0.1, 0.15) is 25.2 Å². The summed E-state index contributed by atoms with van der Waals surface area (Å²) in [7, 11) is 1.76. The molecule has 0 aliphatic rings. The SMILES string of the molecule is CCC(Nc1ncnc(N)c1-c1ncnn1C)c1nc2cccc(Cl)c2c(=O)n1-c1ccccc1. The summed E-state index contributed by atoms with van der Waals surface area (Å²) in [6.07, 6.45) is 3.40. The Morgan fingerprint density at radius 3 is 2.57 bits per heavy atom. The van der Waals surface area contributed by atoms with Crippen LogP contribution in [-0.2, 0) is 7.05 Å². The van der Waals surface area contributed by atoms with Gasteiger partial charge in [0.2, 0.25) is 0 Å². The van der Waals surface area contributed by atoms with E-state index >= 15 is 0 Å². The number of nitrogens with one attached hydrogen (secondary N) is 1. The van der Waals surface area contributed by atoms with Crippen LogP contribution in [0.4, 0.5) is 11.6 Å². The lowest BCUT2D eigenvalue weighted by atomic mass is 10.1. The molecule has 2 aromatic carbocycles. The Kier molecular flexibility index (Phi) is 5.87. The van der Waals surface area contributed by atoms with Crippen molar-refractivity contribution >= 4 is 34.1 Å². The van der Waals surface area contributed by atoms with Crippen LogP contribution < -0.4 is 16.6 Å². The van der Waals surface area contributed by atoms with E-state index in [4.69, 9.17) is 22.3 Å². The Balaban J connectivity index is 1.72. The van der Waals surface area contributed by atoms with Gasteiger partial charge in [-0.15, -0.1) is 0 Å². The summed E-state index contributed by atoms with van der Waals surface area (Å²) >= 11 is 6.41. The molecule has 0 saturated heterocycles. The molecule has 10 nitrogen and oxygen atoms in total. The summed E-state index contributed by atoms with van der Waals surface area (Å²) in [6.45, 7) is 1.99. The molecule has 1 unspecified atom stereocenters. The maximum Gasteiger partial charge on any atom is 0.267 e. The minimum atomic E-state index is -0.410. The quantitative estimate of drug-likeness (QED) is 0.370. The highest BCUT2D eigenvalue weighted by atomic mass is 35.5. The van der Waals surface area contributed by atoms with Gasteiger partial charge in [0.1, 0.15) is 35.7 Å². The number of fused-ring (bicyclic) bond motifs is 1. The van der Waals surface area contributed by atoms with Gasteiger partial charge >= 0.3 is 0 Å². The zero-order chi connectivity index (χ0) is 24.5. The lowest BCUT2D eigenvalue weighted by Crippen LogP contribution is -2.28. The summed E-state index contributed by atoms with van der Waals surface area (Å²) in [4.78, 5) is 31.5. The fraction of sp³-hybridized carbons (Fsp3) is 0.167. The third-order valence-electron chi connectivity index (χ3n) is 5.73. The number of hydrogen-bond donors (Lipinski definition) is 2. The van der Waals surface area contributed by atoms with Gasteiger partial charge in [0.05, 0.1) is 27.7 Å². The van der Waals surface area contributed by atoms with E-state index < -0.39 is 6.04 Å². The third-order valence-corrected chi connectivity index (χ3v) is 6.04. The first-order chi connectivity index (χ1) is 17.0. The van der Waals surface area contributed by atoms with E-state index in [1.807, 2.05) is 37.3 Å². The maximum absolute atomic E-state index is 13.7. The number of nitrogens with two attached hydrogens (primary N) is 1. The number of halogens is 1. The summed E-state index contributed by atoms with van der Waals surface area (Å²) in [6, 6.07) is 14.2. The van der Waals surface area contributed by atoms with Crippen LogP contribution >= 0.6 is 11.6 Å². The summed E-state index contributed by atoms with van der Waals surface area (Å²) < 4.78 is 3.18. The predicted molar refractivity (Wildman–Crippen MR) is 135 cm³/mol. The zero-order valence-electron chi connectivity index (χ0n) is 19.1. The van der Waals surface area contributed by atoms with Crippen LogP contribution in [0.2, 0.25) is 5.02 Å². The first-order valence-electron chi connectivity index (χ1n) is 11.0. The molecule has 0 fully saturated rings. The molecular weight excluding hydrogens is 466 g/mol. The molecule has 0 bridgehead atoms. The number of nitrogens with zero attached hydrogens (tertiary/aromatic N) is 7. The van der Waals surface area contributed by atoms with Gasteiger partial charge in [-0.1, -0.05) is 42.8 Å². The second-order valence-corrected chi connectivity index (χ2v) is 8.28. The molecule has 0 radical (unpaired) electrons. The molecule has 0 spiro atoms. The van der Waals surface area contributed by atoms with Crippen molar-refractivity contribution in [3.63, 3.8) is 0 Å². The van der Waals surface area contributed by atoms with E-state index in [0.717, 1.165) is 0 Å². The predicted octanol–water partition coefficient (Wildman–Crippen LogP) is 3.77. The molecule has 0 amide bonds. The number of benzene rings is 2. The van der Waals surface area contributed by atoms with E-state index in [1.165, 1.54) is 12.7 Å². The number of aromatic nitrogens is 7. The fourth-order valence-electron chi connectivity index (χ4n) is 4.03. The van der Waals surface area contributed by atoms with Crippen molar-refractivity contribution in [2.75, 3.05) is 11.1 Å². The van der Waals surface area contributed by atoms with Crippen molar-refractivity contribution < 1.29 is 0 Å². The Morgan fingerprint density at radius 1 is 1.06 bits per heavy atom. The number of hydrogen-bond acceptors (Lipinski definition) is 8. The molecule has 3 aromatic heterocycles. The normalized spacial score (nSPS) is 12.1. The number of nitrogen functional groups attached to an aromatic ring is 1. The fourth-order valence-corrected chi connectivity index (χ4v) is 4.28. The van der Waals surface area contributed by atoms with Crippen molar-refractivity contribution in [2.24, 2.45) is 7.05 Å². The van der Waals surface area contributed by atoms with Crippen molar-refractivity contribution in [1.82, 2.24) is 34.3 Å². The highest BCUT2D eigenvalue weighted by Gasteiger charge is 2.24. The van der Waals surface area contributed by atoms with E-state index in [2.05, 4.69) is 25.4 Å². The van der Waals surface area contributed by atoms with Crippen LogP contribution in [0.5, 0.6) is 0 Å². The van der Waals surface area contributed by atoms with Gasteiger partial charge < -0.3 is 11.1 Å². The standard InChI is InChI=1S/C24H22ClN9O/c1-3-16(31-21-19(20(26)27-12-28-21)23-29-13-30-33(23)2)22-32-17-11-7-10-15(25)18(17)24(35)34(22)14-8-5-4-6-9-14/h4-13,16H,3H2,1-2H3,(H3,26,27,28,31). The molecule has 5 rings (SSSR count). The average Bonchev–Trinajstić information content (AvgIpc) is 3.28. The smallest absolute Gasteiger partial charge is 0.267 e. The van der Waals surface area contributed by atoms with Crippen LogP contribution in [0.3, 0.4) is 0 Å². The van der Waals surface area contributed by atoms with Crippen LogP contribution in [-0.4, -0.2) is 34.3 Å². The monoisotopic (exact) mass is 487 g/mol. The molecule has 0 aliphatic heterocycles. The Bertz CT molecular complexity index is 1580. The minimum Gasteiger partial charge on any atom is -0.383 e. The van der Waals surface area contributed by atoms with Gasteiger partial charge in [-0.3, -0.25) is 9.36 Å². The van der Waals surface area contributed by atoms with Crippen molar-refractivity contribution in [3.05, 3.63) is 82.4 Å². The molecule has 1 atom stereocenters. The van der Waals surface area contributed by atoms with Crippen molar-refractivity contribution in [2.45, 2.75) is 19.4 Å². The van der Waals surface area contributed by atoms with Gasteiger partial charge in [0, 0.05) is 7.05 Å². The van der Waals surface area contributed by atoms with Gasteiger partial charge in [-0.25, -0.2) is 24.6 Å². The van der Waals surface area contributed by atoms with E-state index in [9.17, 15) is 4.79 Å². The third kappa shape index (κ3) is 3.97. The van der Waals surface area contributed by atoms with E-state index in [1.54, 1.807) is 34.5 Å². The van der Waals surface area contributed by atoms with Gasteiger partial charge in [0.15, 0.2) is 5.82 Å². The second kappa shape index (κ2) is 9.15. The molecule has 11 heteroatoms. The molecule has 0 saturated carbocycles. The average molecular weight is 488 g/mol. The number of anilines is 2. The van der Waals surface area contributed by atoms with Crippen LogP contribution in [0, 0.1) is 0 Å². The summed E-state index contributed by atoms with van der Waals surface area (Å²) in [5, 5.41) is 8.27. The number of aryl methyl sites for hydroxylation is 1. The van der Waals surface area contributed by atoms with Gasteiger partial charge in [-0.05, 0) is 30.7 Å². The highest BCUT2D eigenvalue weighted by molar-refractivity contribution is 6.35. The molecule has 5 aromatic rings. The molecule has 3 heterocycles. The minimum absolute atomic E-state index is 0.252. The number of rotatable bonds is 6. The first kappa shape index (κ1) is 22.5. The van der Waals surface area contributed by atoms with Crippen LogP contribution in [0.15, 0.2) is 66.0 Å². The number of para-hydroxylation sites is 1. The molecule has 3 N–H and O–H groups in total. The van der Waals surface area contributed by atoms with E-state index in [-0.39, 0.29) is 11.4 Å². The second-order valence-electron chi connectivity index (χ2n) is 7.88. The molecule has 0 aliphatic carbocycles. The van der Waals surface area contributed by atoms with Crippen LogP contribution in [0.25, 0.3) is 28.0 Å². The zero-order valence-corrected chi connectivity index (χ0v) is 19.8. The Morgan fingerprint density at radius 2 is 1.86 bits per heavy atom. The highest BCUT2D eigenvalue weighted by Crippen LogP contribution is 2.32. The lowest BCUT2D eigenvalue weighted by molar-refractivity contribution is 0.658. The van der Waals surface area contributed by atoms with E-state index in [0.29, 0.717) is 51.1 Å². The topological polar surface area (TPSA) is 129 Å². The molecule has 176 valence electrons. The van der Waals surface area contributed by atoms with Crippen molar-refractivity contribution in [1.29, 1.82) is 0 Å².